The van der Waals surface area contributed by atoms with E-state index in [1.807, 2.05) is 48.5 Å². The monoisotopic (exact) mass is 480 g/mol. The molecule has 0 atom stereocenters. The van der Waals surface area contributed by atoms with Crippen LogP contribution in [0, 0.1) is 0 Å². The molecule has 4 aromatic rings. The Hall–Kier alpha value is -4.72. The van der Waals surface area contributed by atoms with E-state index in [1.165, 1.54) is 12.2 Å². The molecule has 1 aliphatic rings. The van der Waals surface area contributed by atoms with Gasteiger partial charge in [0.1, 0.15) is 17.1 Å². The van der Waals surface area contributed by atoms with Crippen LogP contribution in [0.4, 0.5) is 4.79 Å². The summed E-state index contributed by atoms with van der Waals surface area (Å²) in [6.45, 7) is 5.15. The molecule has 1 aliphatic heterocycles. The van der Waals surface area contributed by atoms with Gasteiger partial charge in [0.05, 0.1) is 0 Å². The predicted octanol–water partition coefficient (Wildman–Crippen LogP) is 5.24. The van der Waals surface area contributed by atoms with Gasteiger partial charge in [0.25, 0.3) is 11.5 Å². The third kappa shape index (κ3) is 4.48. The zero-order valence-electron chi connectivity index (χ0n) is 20.0. The summed E-state index contributed by atoms with van der Waals surface area (Å²) in [5, 5.41) is 1.77. The number of aliphatic imine (C=N–C) groups is 1. The minimum atomic E-state index is -0.842. The fraction of sp³-hybridized carbons (Fsp3) is 0.143. The van der Waals surface area contributed by atoms with Crippen LogP contribution in [-0.4, -0.2) is 38.3 Å². The predicted molar refractivity (Wildman–Crippen MR) is 140 cm³/mol. The molecule has 0 spiro atoms. The molecule has 2 N–H and O–H groups in total. The fourth-order valence-corrected chi connectivity index (χ4v) is 3.94. The van der Waals surface area contributed by atoms with E-state index < -0.39 is 17.6 Å². The highest BCUT2D eigenvalue weighted by molar-refractivity contribution is 6.26. The summed E-state index contributed by atoms with van der Waals surface area (Å²) in [5.41, 5.74) is 1.72. The minimum Gasteiger partial charge on any atom is -0.443 e. The highest BCUT2D eigenvalue weighted by Crippen LogP contribution is 2.25. The highest BCUT2D eigenvalue weighted by atomic mass is 16.6. The van der Waals surface area contributed by atoms with Gasteiger partial charge in [0, 0.05) is 33.7 Å². The molecule has 0 fully saturated rings. The maximum absolute atomic E-state index is 13.3. The van der Waals surface area contributed by atoms with E-state index in [0.29, 0.717) is 11.1 Å². The number of amidine groups is 1. The molecule has 5 rings (SSSR count). The third-order valence-corrected chi connectivity index (χ3v) is 5.57. The van der Waals surface area contributed by atoms with Crippen molar-refractivity contribution in [3.8, 4) is 0 Å². The number of amides is 2. The Morgan fingerprint density at radius 2 is 1.69 bits per heavy atom. The lowest BCUT2D eigenvalue weighted by Crippen LogP contribution is -2.41. The van der Waals surface area contributed by atoms with Crippen molar-refractivity contribution >= 4 is 51.8 Å². The molecule has 0 unspecified atom stereocenters. The van der Waals surface area contributed by atoms with Crippen molar-refractivity contribution in [1.29, 1.82) is 0 Å². The number of nitrogens with zero attached hydrogens (tertiary/aromatic N) is 2. The van der Waals surface area contributed by atoms with E-state index >= 15 is 0 Å². The number of H-pyrrole nitrogens is 2. The molecule has 0 saturated carbocycles. The van der Waals surface area contributed by atoms with Crippen LogP contribution >= 0.6 is 0 Å². The second-order valence-electron chi connectivity index (χ2n) is 9.38. The zero-order chi connectivity index (χ0) is 25.4. The van der Waals surface area contributed by atoms with Crippen LogP contribution in [0.25, 0.3) is 34.0 Å². The summed E-state index contributed by atoms with van der Waals surface area (Å²) in [6.07, 6.45) is 5.56. The largest absolute Gasteiger partial charge is 0.443 e. The normalized spacial score (nSPS) is 15.4. The van der Waals surface area contributed by atoms with Crippen LogP contribution in [0.3, 0.4) is 0 Å². The average molecular weight is 481 g/mol. The lowest BCUT2D eigenvalue weighted by molar-refractivity contribution is -0.122. The Morgan fingerprint density at radius 1 is 0.972 bits per heavy atom. The van der Waals surface area contributed by atoms with Gasteiger partial charge in [-0.05, 0) is 62.6 Å². The molecule has 36 heavy (non-hydrogen) atoms. The molecule has 2 aromatic heterocycles. The minimum absolute atomic E-state index is 0.0629. The number of aromatic nitrogens is 2. The first kappa shape index (κ1) is 23.0. The number of nitrogens with one attached hydrogen (secondary N) is 2. The van der Waals surface area contributed by atoms with Gasteiger partial charge in [0.2, 0.25) is 0 Å². The summed E-state index contributed by atoms with van der Waals surface area (Å²) in [5.74, 6) is -0.547. The van der Waals surface area contributed by atoms with Gasteiger partial charge in [-0.15, -0.1) is 0 Å². The first-order valence-corrected chi connectivity index (χ1v) is 11.4. The summed E-state index contributed by atoms with van der Waals surface area (Å²) in [4.78, 5) is 50.1. The summed E-state index contributed by atoms with van der Waals surface area (Å²) < 4.78 is 5.46. The SMILES string of the molecule is CC(C)(C)OC(=O)N1C(=O)/C(=C/c2c[nH]c3ccccc23)N=C1/C=C/c1cc2ccccc2[nH]c1=O. The van der Waals surface area contributed by atoms with Crippen molar-refractivity contribution in [2.45, 2.75) is 26.4 Å². The summed E-state index contributed by atoms with van der Waals surface area (Å²) in [6, 6.07) is 16.8. The molecule has 8 nitrogen and oxygen atoms in total. The van der Waals surface area contributed by atoms with Crippen molar-refractivity contribution in [2.75, 3.05) is 0 Å². The fourth-order valence-electron chi connectivity index (χ4n) is 3.94. The number of aromatic amines is 2. The number of rotatable bonds is 3. The zero-order valence-corrected chi connectivity index (χ0v) is 20.0. The Morgan fingerprint density at radius 3 is 2.47 bits per heavy atom. The molecule has 0 bridgehead atoms. The van der Waals surface area contributed by atoms with Crippen LogP contribution in [0.1, 0.15) is 31.9 Å². The summed E-state index contributed by atoms with van der Waals surface area (Å²) in [7, 11) is 0. The van der Waals surface area contributed by atoms with E-state index in [-0.39, 0.29) is 17.1 Å². The number of carbonyl (C=O) groups excluding carboxylic acids is 2. The second-order valence-corrected chi connectivity index (χ2v) is 9.38. The Balaban J connectivity index is 1.56. The molecule has 0 aliphatic carbocycles. The van der Waals surface area contributed by atoms with Gasteiger partial charge in [-0.2, -0.15) is 4.90 Å². The van der Waals surface area contributed by atoms with E-state index in [1.54, 1.807) is 39.1 Å². The number of hydrogen-bond acceptors (Lipinski definition) is 5. The van der Waals surface area contributed by atoms with Gasteiger partial charge in [-0.25, -0.2) is 9.79 Å². The topological polar surface area (TPSA) is 108 Å². The maximum atomic E-state index is 13.3. The van der Waals surface area contributed by atoms with Crippen molar-refractivity contribution in [3.63, 3.8) is 0 Å². The van der Waals surface area contributed by atoms with E-state index in [2.05, 4.69) is 15.0 Å². The van der Waals surface area contributed by atoms with Gasteiger partial charge < -0.3 is 14.7 Å². The molecular weight excluding hydrogens is 456 g/mol. The number of ether oxygens (including phenoxy) is 1. The van der Waals surface area contributed by atoms with Gasteiger partial charge in [-0.1, -0.05) is 36.4 Å². The van der Waals surface area contributed by atoms with Gasteiger partial charge in [-0.3, -0.25) is 9.59 Å². The third-order valence-electron chi connectivity index (χ3n) is 5.57. The van der Waals surface area contributed by atoms with Crippen LogP contribution in [-0.2, 0) is 9.53 Å². The Kier molecular flexibility index (Phi) is 5.64. The Labute approximate surface area is 206 Å². The molecular formula is C28H24N4O4. The molecule has 2 aromatic carbocycles. The molecule has 0 radical (unpaired) electrons. The lowest BCUT2D eigenvalue weighted by atomic mass is 10.1. The molecule has 8 heteroatoms. The number of imide groups is 1. The van der Waals surface area contributed by atoms with Gasteiger partial charge >= 0.3 is 6.09 Å². The molecule has 180 valence electrons. The van der Waals surface area contributed by atoms with Crippen LogP contribution in [0.5, 0.6) is 0 Å². The second kappa shape index (κ2) is 8.81. The number of carbonyl (C=O) groups is 2. The highest BCUT2D eigenvalue weighted by Gasteiger charge is 2.37. The molecule has 3 heterocycles. The number of fused-ring (bicyclic) bond motifs is 2. The lowest BCUT2D eigenvalue weighted by Gasteiger charge is -2.23. The van der Waals surface area contributed by atoms with Crippen LogP contribution in [0.15, 0.2) is 82.4 Å². The number of pyridine rings is 1. The number of hydrogen-bond donors (Lipinski definition) is 2. The maximum Gasteiger partial charge on any atom is 0.423 e. The van der Waals surface area contributed by atoms with Crippen LogP contribution in [0.2, 0.25) is 0 Å². The van der Waals surface area contributed by atoms with Crippen molar-refractivity contribution in [1.82, 2.24) is 14.9 Å². The quantitative estimate of drug-likeness (QED) is 0.391. The molecule has 2 amide bonds. The number of para-hydroxylation sites is 2. The van der Waals surface area contributed by atoms with Crippen LogP contribution < -0.4 is 5.56 Å². The smallest absolute Gasteiger partial charge is 0.423 e. The first-order valence-electron chi connectivity index (χ1n) is 11.4. The van der Waals surface area contributed by atoms with E-state index in [4.69, 9.17) is 4.74 Å². The Bertz CT molecular complexity index is 1660. The summed E-state index contributed by atoms with van der Waals surface area (Å²) >= 11 is 0. The number of benzene rings is 2. The standard InChI is InChI=1S/C28H24N4O4/c1-28(2,3)36-27(35)32-24(13-12-18-14-17-8-4-6-10-21(17)31-25(18)33)30-23(26(32)34)15-19-16-29-22-11-7-5-9-20(19)22/h4-16,29H,1-3H3,(H,31,33)/b13-12+,23-15-. The van der Waals surface area contributed by atoms with Crippen molar-refractivity contribution in [2.24, 2.45) is 4.99 Å². The van der Waals surface area contributed by atoms with E-state index in [9.17, 15) is 14.4 Å². The first-order chi connectivity index (χ1) is 17.2. The van der Waals surface area contributed by atoms with Gasteiger partial charge in [0.15, 0.2) is 0 Å². The average Bonchev–Trinajstić information content (AvgIpc) is 3.37. The van der Waals surface area contributed by atoms with Crippen molar-refractivity contribution in [3.05, 3.63) is 94.0 Å². The van der Waals surface area contributed by atoms with Crippen molar-refractivity contribution < 1.29 is 14.3 Å². The molecule has 0 saturated heterocycles. The van der Waals surface area contributed by atoms with E-state index in [0.717, 1.165) is 26.8 Å².